The van der Waals surface area contributed by atoms with Gasteiger partial charge in [0.25, 0.3) is 0 Å². The van der Waals surface area contributed by atoms with Crippen LogP contribution in [0.3, 0.4) is 0 Å². The fourth-order valence-electron chi connectivity index (χ4n) is 1.93. The number of rotatable bonds is 5. The van der Waals surface area contributed by atoms with E-state index >= 15 is 0 Å². The summed E-state index contributed by atoms with van der Waals surface area (Å²) in [5.41, 5.74) is 0. The van der Waals surface area contributed by atoms with Crippen molar-refractivity contribution in [1.82, 2.24) is 10.2 Å². The minimum atomic E-state index is 0.704. The van der Waals surface area contributed by atoms with Gasteiger partial charge in [0.2, 0.25) is 0 Å². The van der Waals surface area contributed by atoms with Crippen molar-refractivity contribution in [3.05, 3.63) is 0 Å². The lowest BCUT2D eigenvalue weighted by Crippen LogP contribution is -2.46. The Morgan fingerprint density at radius 2 is 2.38 bits per heavy atom. The van der Waals surface area contributed by atoms with Crippen LogP contribution in [-0.4, -0.2) is 50.8 Å². The molecule has 1 unspecified atom stereocenters. The number of hydrogen-bond donors (Lipinski definition) is 1. The van der Waals surface area contributed by atoms with E-state index in [1.165, 1.54) is 25.9 Å². The van der Waals surface area contributed by atoms with Crippen LogP contribution in [0.1, 0.15) is 19.8 Å². The molecule has 0 bridgehead atoms. The third kappa shape index (κ3) is 4.07. The lowest BCUT2D eigenvalue weighted by Gasteiger charge is -2.32. The maximum atomic E-state index is 5.08. The average Bonchev–Trinajstić information content (AvgIpc) is 2.16. The lowest BCUT2D eigenvalue weighted by atomic mass is 10.1. The van der Waals surface area contributed by atoms with Gasteiger partial charge in [-0.15, -0.1) is 0 Å². The molecule has 0 saturated carbocycles. The van der Waals surface area contributed by atoms with Crippen molar-refractivity contribution in [2.75, 3.05) is 39.9 Å². The van der Waals surface area contributed by atoms with Crippen molar-refractivity contribution in [3.63, 3.8) is 0 Å². The van der Waals surface area contributed by atoms with Gasteiger partial charge in [0.05, 0.1) is 6.61 Å². The highest BCUT2D eigenvalue weighted by molar-refractivity contribution is 4.77. The van der Waals surface area contributed by atoms with Gasteiger partial charge in [-0.05, 0) is 25.9 Å². The summed E-state index contributed by atoms with van der Waals surface area (Å²) in [6.45, 7) is 7.64. The number of piperidine rings is 1. The van der Waals surface area contributed by atoms with Crippen LogP contribution in [0.15, 0.2) is 0 Å². The first-order valence-electron chi connectivity index (χ1n) is 5.31. The summed E-state index contributed by atoms with van der Waals surface area (Å²) in [5, 5.41) is 3.51. The molecule has 0 aromatic heterocycles. The Morgan fingerprint density at radius 1 is 1.54 bits per heavy atom. The van der Waals surface area contributed by atoms with Gasteiger partial charge in [-0.3, -0.25) is 4.90 Å². The SMILES string of the molecule is CCNC1CCCN(CCOC)C1. The molecule has 3 heteroatoms. The van der Waals surface area contributed by atoms with E-state index in [0.29, 0.717) is 6.04 Å². The third-order valence-corrected chi connectivity index (χ3v) is 2.61. The molecule has 78 valence electrons. The first kappa shape index (κ1) is 11.0. The molecule has 1 atom stereocenters. The first-order valence-corrected chi connectivity index (χ1v) is 5.31. The van der Waals surface area contributed by atoms with E-state index in [9.17, 15) is 0 Å². The summed E-state index contributed by atoms with van der Waals surface area (Å²) in [6.07, 6.45) is 2.65. The van der Waals surface area contributed by atoms with Crippen LogP contribution in [0.4, 0.5) is 0 Å². The van der Waals surface area contributed by atoms with E-state index in [2.05, 4.69) is 17.1 Å². The van der Waals surface area contributed by atoms with Gasteiger partial charge in [-0.1, -0.05) is 6.92 Å². The maximum Gasteiger partial charge on any atom is 0.0589 e. The monoisotopic (exact) mass is 186 g/mol. The fourth-order valence-corrected chi connectivity index (χ4v) is 1.93. The standard InChI is InChI=1S/C10H22N2O/c1-3-11-10-5-4-6-12(9-10)7-8-13-2/h10-11H,3-9H2,1-2H3. The van der Waals surface area contributed by atoms with Crippen LogP contribution < -0.4 is 5.32 Å². The van der Waals surface area contributed by atoms with Crippen LogP contribution in [0.25, 0.3) is 0 Å². The smallest absolute Gasteiger partial charge is 0.0589 e. The lowest BCUT2D eigenvalue weighted by molar-refractivity contribution is 0.123. The highest BCUT2D eigenvalue weighted by Crippen LogP contribution is 2.09. The predicted octanol–water partition coefficient (Wildman–Crippen LogP) is 0.707. The van der Waals surface area contributed by atoms with E-state index in [1.54, 1.807) is 7.11 Å². The Balaban J connectivity index is 2.16. The van der Waals surface area contributed by atoms with Crippen LogP contribution in [0.5, 0.6) is 0 Å². The second-order valence-electron chi connectivity index (χ2n) is 3.69. The normalized spacial score (nSPS) is 24.9. The Kier molecular flexibility index (Phi) is 5.35. The molecule has 0 aromatic carbocycles. The van der Waals surface area contributed by atoms with Gasteiger partial charge in [0.15, 0.2) is 0 Å². The summed E-state index contributed by atoms with van der Waals surface area (Å²) >= 11 is 0. The Hall–Kier alpha value is -0.120. The second kappa shape index (κ2) is 6.35. The molecule has 1 saturated heterocycles. The minimum absolute atomic E-state index is 0.704. The zero-order chi connectivity index (χ0) is 9.52. The molecular formula is C10H22N2O. The summed E-state index contributed by atoms with van der Waals surface area (Å²) in [5.74, 6) is 0. The molecule has 0 radical (unpaired) electrons. The summed E-state index contributed by atoms with van der Waals surface area (Å²) in [6, 6.07) is 0.704. The van der Waals surface area contributed by atoms with Gasteiger partial charge >= 0.3 is 0 Å². The molecule has 1 rings (SSSR count). The molecule has 0 spiro atoms. The number of likely N-dealkylation sites (tertiary alicyclic amines) is 1. The van der Waals surface area contributed by atoms with Gasteiger partial charge in [0.1, 0.15) is 0 Å². The summed E-state index contributed by atoms with van der Waals surface area (Å²) < 4.78 is 5.08. The van der Waals surface area contributed by atoms with Crippen LogP contribution in [0.2, 0.25) is 0 Å². The molecule has 0 amide bonds. The van der Waals surface area contributed by atoms with Gasteiger partial charge in [-0.25, -0.2) is 0 Å². The van der Waals surface area contributed by atoms with Crippen molar-refractivity contribution in [1.29, 1.82) is 0 Å². The highest BCUT2D eigenvalue weighted by Gasteiger charge is 2.17. The molecule has 1 heterocycles. The third-order valence-electron chi connectivity index (χ3n) is 2.61. The molecule has 0 aliphatic carbocycles. The Labute approximate surface area is 81.4 Å². The molecule has 0 aromatic rings. The van der Waals surface area contributed by atoms with Crippen molar-refractivity contribution in [2.24, 2.45) is 0 Å². The zero-order valence-corrected chi connectivity index (χ0v) is 8.88. The van der Waals surface area contributed by atoms with Crippen molar-refractivity contribution >= 4 is 0 Å². The number of hydrogen-bond acceptors (Lipinski definition) is 3. The second-order valence-corrected chi connectivity index (χ2v) is 3.69. The molecule has 1 fully saturated rings. The van der Waals surface area contributed by atoms with Gasteiger partial charge in [-0.2, -0.15) is 0 Å². The maximum absolute atomic E-state index is 5.08. The highest BCUT2D eigenvalue weighted by atomic mass is 16.5. The van der Waals surface area contributed by atoms with Crippen molar-refractivity contribution < 1.29 is 4.74 Å². The number of nitrogens with one attached hydrogen (secondary N) is 1. The predicted molar refractivity (Wildman–Crippen MR) is 55.0 cm³/mol. The quantitative estimate of drug-likeness (QED) is 0.684. The largest absolute Gasteiger partial charge is 0.383 e. The van der Waals surface area contributed by atoms with E-state index in [1.807, 2.05) is 0 Å². The van der Waals surface area contributed by atoms with Gasteiger partial charge in [0, 0.05) is 26.2 Å². The number of methoxy groups -OCH3 is 1. The molecule has 3 nitrogen and oxygen atoms in total. The summed E-state index contributed by atoms with van der Waals surface area (Å²) in [7, 11) is 1.77. The van der Waals surface area contributed by atoms with E-state index < -0.39 is 0 Å². The minimum Gasteiger partial charge on any atom is -0.383 e. The Morgan fingerprint density at radius 3 is 3.08 bits per heavy atom. The van der Waals surface area contributed by atoms with E-state index in [4.69, 9.17) is 4.74 Å². The molecule has 1 N–H and O–H groups in total. The van der Waals surface area contributed by atoms with E-state index in [-0.39, 0.29) is 0 Å². The molecular weight excluding hydrogens is 164 g/mol. The van der Waals surface area contributed by atoms with Crippen LogP contribution >= 0.6 is 0 Å². The van der Waals surface area contributed by atoms with Crippen molar-refractivity contribution in [3.8, 4) is 0 Å². The average molecular weight is 186 g/mol. The number of ether oxygens (including phenoxy) is 1. The van der Waals surface area contributed by atoms with Crippen LogP contribution in [-0.2, 0) is 4.74 Å². The van der Waals surface area contributed by atoms with E-state index in [0.717, 1.165) is 19.7 Å². The topological polar surface area (TPSA) is 24.5 Å². The fraction of sp³-hybridized carbons (Fsp3) is 1.00. The molecule has 13 heavy (non-hydrogen) atoms. The molecule has 1 aliphatic heterocycles. The van der Waals surface area contributed by atoms with Crippen molar-refractivity contribution in [2.45, 2.75) is 25.8 Å². The number of likely N-dealkylation sites (N-methyl/N-ethyl adjacent to an activating group) is 1. The first-order chi connectivity index (χ1) is 6.36. The molecule has 1 aliphatic rings. The van der Waals surface area contributed by atoms with Gasteiger partial charge < -0.3 is 10.1 Å². The zero-order valence-electron chi connectivity index (χ0n) is 8.88. The van der Waals surface area contributed by atoms with Crippen LogP contribution in [0, 0.1) is 0 Å². The summed E-state index contributed by atoms with van der Waals surface area (Å²) in [4.78, 5) is 2.49. The number of nitrogens with zero attached hydrogens (tertiary/aromatic N) is 1. The Bertz CT molecular complexity index is 128.